The number of hydrogen-bond acceptors (Lipinski definition) is 5. The predicted molar refractivity (Wildman–Crippen MR) is 92.2 cm³/mol. The molecule has 1 unspecified atom stereocenters. The van der Waals surface area contributed by atoms with E-state index in [1.54, 1.807) is 6.92 Å². The van der Waals surface area contributed by atoms with Crippen molar-refractivity contribution >= 4 is 23.4 Å². The molecule has 0 bridgehead atoms. The SMILES string of the molecule is Cc1cccc(SC(C)C(=O)c2c(N)n(C)c(=O)n(C)c2=O)c1. The number of aryl methyl sites for hydroxylation is 1. The summed E-state index contributed by atoms with van der Waals surface area (Å²) >= 11 is 1.35. The largest absolute Gasteiger partial charge is 0.384 e. The molecule has 0 spiro atoms. The van der Waals surface area contributed by atoms with Gasteiger partial charge in [0, 0.05) is 19.0 Å². The Morgan fingerprint density at radius 3 is 2.48 bits per heavy atom. The first-order chi connectivity index (χ1) is 10.7. The lowest BCUT2D eigenvalue weighted by molar-refractivity contribution is 0.0992. The number of benzene rings is 1. The van der Waals surface area contributed by atoms with E-state index >= 15 is 0 Å². The van der Waals surface area contributed by atoms with Gasteiger partial charge in [-0.15, -0.1) is 11.8 Å². The fourth-order valence-corrected chi connectivity index (χ4v) is 3.29. The number of nitrogens with two attached hydrogens (primary N) is 1. The molecule has 0 aliphatic heterocycles. The average molecular weight is 333 g/mol. The number of anilines is 1. The highest BCUT2D eigenvalue weighted by atomic mass is 32.2. The number of Topliss-reactive ketones (excluding diaryl/α,β-unsaturated/α-hetero) is 1. The number of carbonyl (C=O) groups is 1. The number of nitrogen functional groups attached to an aromatic ring is 1. The molecule has 0 aliphatic carbocycles. The quantitative estimate of drug-likeness (QED) is 0.674. The summed E-state index contributed by atoms with van der Waals surface area (Å²) in [6, 6.07) is 7.76. The Hall–Kier alpha value is -2.28. The van der Waals surface area contributed by atoms with Crippen LogP contribution >= 0.6 is 11.8 Å². The molecule has 2 aromatic rings. The fraction of sp³-hybridized carbons (Fsp3) is 0.312. The minimum absolute atomic E-state index is 0.0974. The van der Waals surface area contributed by atoms with E-state index in [4.69, 9.17) is 5.73 Å². The van der Waals surface area contributed by atoms with Crippen molar-refractivity contribution in [1.82, 2.24) is 9.13 Å². The molecule has 0 saturated heterocycles. The van der Waals surface area contributed by atoms with Crippen LogP contribution in [0.25, 0.3) is 0 Å². The summed E-state index contributed by atoms with van der Waals surface area (Å²) in [6.07, 6.45) is 0. The lowest BCUT2D eigenvalue weighted by Gasteiger charge is -2.14. The van der Waals surface area contributed by atoms with Crippen LogP contribution in [0.15, 0.2) is 38.8 Å². The highest BCUT2D eigenvalue weighted by Gasteiger charge is 2.25. The predicted octanol–water partition coefficient (Wildman–Crippen LogP) is 1.34. The number of rotatable bonds is 4. The maximum atomic E-state index is 12.7. The van der Waals surface area contributed by atoms with E-state index in [0.29, 0.717) is 0 Å². The number of aromatic nitrogens is 2. The van der Waals surface area contributed by atoms with Crippen LogP contribution in [-0.2, 0) is 14.1 Å². The maximum absolute atomic E-state index is 12.7. The van der Waals surface area contributed by atoms with Gasteiger partial charge in [-0.25, -0.2) is 4.79 Å². The van der Waals surface area contributed by atoms with E-state index < -0.39 is 16.5 Å². The lowest BCUT2D eigenvalue weighted by Crippen LogP contribution is -2.42. The summed E-state index contributed by atoms with van der Waals surface area (Å²) in [4.78, 5) is 37.7. The molecule has 1 atom stereocenters. The monoisotopic (exact) mass is 333 g/mol. The first kappa shape index (κ1) is 17.1. The number of nitrogens with zero attached hydrogens (tertiary/aromatic N) is 2. The molecule has 23 heavy (non-hydrogen) atoms. The highest BCUT2D eigenvalue weighted by molar-refractivity contribution is 8.00. The molecule has 1 heterocycles. The summed E-state index contributed by atoms with van der Waals surface area (Å²) in [5.41, 5.74) is 5.57. The second-order valence-electron chi connectivity index (χ2n) is 5.41. The van der Waals surface area contributed by atoms with Crippen LogP contribution in [0.2, 0.25) is 0 Å². The summed E-state index contributed by atoms with van der Waals surface area (Å²) in [7, 11) is 2.77. The first-order valence-electron chi connectivity index (χ1n) is 7.07. The van der Waals surface area contributed by atoms with Crippen LogP contribution in [0.4, 0.5) is 5.82 Å². The molecule has 7 heteroatoms. The molecule has 0 saturated carbocycles. The second-order valence-corrected chi connectivity index (χ2v) is 6.82. The molecule has 0 radical (unpaired) electrons. The Labute approximate surface area is 137 Å². The maximum Gasteiger partial charge on any atom is 0.332 e. The van der Waals surface area contributed by atoms with Crippen LogP contribution in [0.1, 0.15) is 22.8 Å². The molecular weight excluding hydrogens is 314 g/mol. The van der Waals surface area contributed by atoms with Crippen LogP contribution in [0, 0.1) is 6.92 Å². The lowest BCUT2D eigenvalue weighted by atomic mass is 10.1. The average Bonchev–Trinajstić information content (AvgIpc) is 2.51. The van der Waals surface area contributed by atoms with Gasteiger partial charge in [0.15, 0.2) is 5.78 Å². The van der Waals surface area contributed by atoms with Crippen molar-refractivity contribution in [3.63, 3.8) is 0 Å². The van der Waals surface area contributed by atoms with E-state index in [0.717, 1.165) is 19.6 Å². The van der Waals surface area contributed by atoms with Crippen molar-refractivity contribution in [1.29, 1.82) is 0 Å². The summed E-state index contributed by atoms with van der Waals surface area (Å²) in [5.74, 6) is -0.481. The molecule has 122 valence electrons. The standard InChI is InChI=1S/C16H19N3O3S/c1-9-6-5-7-11(8-9)23-10(2)13(20)12-14(17)18(3)16(22)19(4)15(12)21/h5-8,10H,17H2,1-4H3. The first-order valence-corrected chi connectivity index (χ1v) is 7.95. The summed E-state index contributed by atoms with van der Waals surface area (Å²) < 4.78 is 2.01. The van der Waals surface area contributed by atoms with Crippen molar-refractivity contribution in [2.24, 2.45) is 14.1 Å². The molecule has 0 amide bonds. The van der Waals surface area contributed by atoms with E-state index in [1.807, 2.05) is 31.2 Å². The van der Waals surface area contributed by atoms with Crippen molar-refractivity contribution < 1.29 is 4.79 Å². The zero-order valence-corrected chi connectivity index (χ0v) is 14.3. The Kier molecular flexibility index (Phi) is 4.79. The molecule has 6 nitrogen and oxygen atoms in total. The van der Waals surface area contributed by atoms with E-state index in [9.17, 15) is 14.4 Å². The Balaban J connectivity index is 2.41. The minimum atomic E-state index is -0.660. The molecular formula is C16H19N3O3S. The van der Waals surface area contributed by atoms with Crippen molar-refractivity contribution in [2.75, 3.05) is 5.73 Å². The van der Waals surface area contributed by atoms with Crippen LogP contribution in [-0.4, -0.2) is 20.2 Å². The fourth-order valence-electron chi connectivity index (χ4n) is 2.24. The molecule has 2 rings (SSSR count). The van der Waals surface area contributed by atoms with Gasteiger partial charge in [-0.3, -0.25) is 18.7 Å². The Morgan fingerprint density at radius 2 is 1.87 bits per heavy atom. The smallest absolute Gasteiger partial charge is 0.332 e. The molecule has 2 N–H and O–H groups in total. The van der Waals surface area contributed by atoms with Crippen LogP contribution in [0.5, 0.6) is 0 Å². The third kappa shape index (κ3) is 3.24. The summed E-state index contributed by atoms with van der Waals surface area (Å²) in [6.45, 7) is 3.69. The van der Waals surface area contributed by atoms with Crippen molar-refractivity contribution in [3.05, 3.63) is 56.2 Å². The summed E-state index contributed by atoms with van der Waals surface area (Å²) in [5, 5.41) is -0.496. The van der Waals surface area contributed by atoms with Crippen LogP contribution in [0.3, 0.4) is 0 Å². The molecule has 1 aromatic heterocycles. The van der Waals surface area contributed by atoms with Gasteiger partial charge in [0.25, 0.3) is 5.56 Å². The Bertz CT molecular complexity index is 883. The van der Waals surface area contributed by atoms with Crippen molar-refractivity contribution in [3.8, 4) is 0 Å². The molecule has 0 aliphatic rings. The zero-order chi connectivity index (χ0) is 17.3. The molecule has 0 fully saturated rings. The van der Waals surface area contributed by atoms with Gasteiger partial charge in [-0.05, 0) is 26.0 Å². The number of hydrogen-bond donors (Lipinski definition) is 1. The number of thioether (sulfide) groups is 1. The van der Waals surface area contributed by atoms with Gasteiger partial charge in [-0.1, -0.05) is 17.7 Å². The van der Waals surface area contributed by atoms with Crippen molar-refractivity contribution in [2.45, 2.75) is 24.0 Å². The normalized spacial score (nSPS) is 12.2. The van der Waals surface area contributed by atoms with Gasteiger partial charge in [0.2, 0.25) is 0 Å². The Morgan fingerprint density at radius 1 is 1.22 bits per heavy atom. The van der Waals surface area contributed by atoms with E-state index in [1.165, 1.54) is 25.9 Å². The van der Waals surface area contributed by atoms with E-state index in [-0.39, 0.29) is 17.2 Å². The van der Waals surface area contributed by atoms with Crippen LogP contribution < -0.4 is 17.0 Å². The third-order valence-corrected chi connectivity index (χ3v) is 4.72. The third-order valence-electron chi connectivity index (χ3n) is 3.63. The van der Waals surface area contributed by atoms with Gasteiger partial charge in [0.05, 0.1) is 5.25 Å². The highest BCUT2D eigenvalue weighted by Crippen LogP contribution is 2.26. The van der Waals surface area contributed by atoms with Gasteiger partial charge < -0.3 is 5.73 Å². The van der Waals surface area contributed by atoms with E-state index in [2.05, 4.69) is 0 Å². The topological polar surface area (TPSA) is 87.1 Å². The second kappa shape index (κ2) is 6.45. The zero-order valence-electron chi connectivity index (χ0n) is 13.5. The van der Waals surface area contributed by atoms with Gasteiger partial charge in [-0.2, -0.15) is 0 Å². The van der Waals surface area contributed by atoms with Gasteiger partial charge >= 0.3 is 5.69 Å². The number of carbonyl (C=O) groups excluding carboxylic acids is 1. The minimum Gasteiger partial charge on any atom is -0.384 e. The molecule has 1 aromatic carbocycles. The number of ketones is 1. The van der Waals surface area contributed by atoms with Gasteiger partial charge in [0.1, 0.15) is 11.4 Å².